The second kappa shape index (κ2) is 6.58. The highest BCUT2D eigenvalue weighted by Gasteiger charge is 2.40. The molecule has 0 aromatic carbocycles. The molecule has 1 heterocycles. The van der Waals surface area contributed by atoms with Gasteiger partial charge in [0.05, 0.1) is 0 Å². The van der Waals surface area contributed by atoms with Crippen LogP contribution in [0.3, 0.4) is 0 Å². The van der Waals surface area contributed by atoms with E-state index in [-0.39, 0.29) is 0 Å². The molecule has 2 nitrogen and oxygen atoms in total. The molecule has 0 bridgehead atoms. The standard InChI is InChI=1S/C17H34N2/c1-4-15-7-11-19(12-8-15)17(13-18)9-5-16(6-10-17)14(2)3/h14-16H,4-13,18H2,1-3H3. The summed E-state index contributed by atoms with van der Waals surface area (Å²) >= 11 is 0. The Morgan fingerprint density at radius 2 is 1.68 bits per heavy atom. The predicted molar refractivity (Wildman–Crippen MR) is 83.2 cm³/mol. The van der Waals surface area contributed by atoms with Gasteiger partial charge < -0.3 is 5.73 Å². The second-order valence-electron chi connectivity index (χ2n) is 7.35. The van der Waals surface area contributed by atoms with Crippen molar-refractivity contribution in [3.63, 3.8) is 0 Å². The van der Waals surface area contributed by atoms with Gasteiger partial charge in [0, 0.05) is 12.1 Å². The van der Waals surface area contributed by atoms with E-state index in [1.54, 1.807) is 0 Å². The highest BCUT2D eigenvalue weighted by molar-refractivity contribution is 4.97. The normalized spacial score (nSPS) is 34.9. The second-order valence-corrected chi connectivity index (χ2v) is 7.35. The van der Waals surface area contributed by atoms with Crippen molar-refractivity contribution in [2.45, 2.75) is 71.3 Å². The molecular weight excluding hydrogens is 232 g/mol. The van der Waals surface area contributed by atoms with E-state index < -0.39 is 0 Å². The smallest absolute Gasteiger partial charge is 0.0331 e. The maximum Gasteiger partial charge on any atom is 0.0331 e. The number of piperidine rings is 1. The van der Waals surface area contributed by atoms with Crippen LogP contribution >= 0.6 is 0 Å². The molecule has 0 spiro atoms. The fourth-order valence-corrected chi connectivity index (χ4v) is 4.31. The Morgan fingerprint density at radius 3 is 2.11 bits per heavy atom. The Kier molecular flexibility index (Phi) is 5.30. The maximum atomic E-state index is 6.22. The van der Waals surface area contributed by atoms with Gasteiger partial charge >= 0.3 is 0 Å². The monoisotopic (exact) mass is 266 g/mol. The summed E-state index contributed by atoms with van der Waals surface area (Å²) in [5.74, 6) is 2.76. The Morgan fingerprint density at radius 1 is 1.11 bits per heavy atom. The Balaban J connectivity index is 1.93. The van der Waals surface area contributed by atoms with Gasteiger partial charge in [0.25, 0.3) is 0 Å². The summed E-state index contributed by atoms with van der Waals surface area (Å²) in [7, 11) is 0. The molecule has 0 radical (unpaired) electrons. The van der Waals surface area contributed by atoms with Crippen molar-refractivity contribution in [1.82, 2.24) is 4.90 Å². The van der Waals surface area contributed by atoms with Crippen LogP contribution in [0.4, 0.5) is 0 Å². The van der Waals surface area contributed by atoms with Gasteiger partial charge in [0.1, 0.15) is 0 Å². The first-order valence-corrected chi connectivity index (χ1v) is 8.56. The van der Waals surface area contributed by atoms with E-state index in [0.717, 1.165) is 24.3 Å². The Bertz CT molecular complexity index is 258. The minimum Gasteiger partial charge on any atom is -0.329 e. The van der Waals surface area contributed by atoms with Crippen LogP contribution < -0.4 is 5.73 Å². The molecule has 2 rings (SSSR count). The summed E-state index contributed by atoms with van der Waals surface area (Å²) in [6.07, 6.45) is 9.61. The van der Waals surface area contributed by atoms with Gasteiger partial charge in [-0.25, -0.2) is 0 Å². The van der Waals surface area contributed by atoms with Gasteiger partial charge in [0.15, 0.2) is 0 Å². The molecule has 0 unspecified atom stereocenters. The third-order valence-corrected chi connectivity index (χ3v) is 6.15. The summed E-state index contributed by atoms with van der Waals surface area (Å²) in [6, 6.07) is 0. The van der Waals surface area contributed by atoms with Gasteiger partial charge in [-0.2, -0.15) is 0 Å². The van der Waals surface area contributed by atoms with Crippen LogP contribution in [0.2, 0.25) is 0 Å². The van der Waals surface area contributed by atoms with Crippen LogP contribution in [0.1, 0.15) is 65.7 Å². The van der Waals surface area contributed by atoms with E-state index in [0.29, 0.717) is 5.54 Å². The van der Waals surface area contributed by atoms with Crippen molar-refractivity contribution < 1.29 is 0 Å². The molecule has 2 fully saturated rings. The Hall–Kier alpha value is -0.0800. The van der Waals surface area contributed by atoms with Gasteiger partial charge in [-0.05, 0) is 69.4 Å². The third kappa shape index (κ3) is 3.33. The topological polar surface area (TPSA) is 29.3 Å². The first kappa shape index (κ1) is 15.3. The summed E-state index contributed by atoms with van der Waals surface area (Å²) < 4.78 is 0. The summed E-state index contributed by atoms with van der Waals surface area (Å²) in [5.41, 5.74) is 6.57. The number of hydrogen-bond acceptors (Lipinski definition) is 2. The lowest BCUT2D eigenvalue weighted by molar-refractivity contribution is 0.00978. The SMILES string of the molecule is CCC1CCN(C2(CN)CCC(C(C)C)CC2)CC1. The van der Waals surface area contributed by atoms with Crippen LogP contribution in [0.5, 0.6) is 0 Å². The quantitative estimate of drug-likeness (QED) is 0.841. The van der Waals surface area contributed by atoms with E-state index in [2.05, 4.69) is 25.7 Å². The Labute approximate surface area is 120 Å². The minimum absolute atomic E-state index is 0.351. The average molecular weight is 266 g/mol. The zero-order chi connectivity index (χ0) is 13.9. The molecule has 112 valence electrons. The average Bonchev–Trinajstić information content (AvgIpc) is 2.47. The molecule has 1 aliphatic heterocycles. The summed E-state index contributed by atoms with van der Waals surface area (Å²) in [6.45, 7) is 10.6. The van der Waals surface area contributed by atoms with Gasteiger partial charge in [-0.15, -0.1) is 0 Å². The number of likely N-dealkylation sites (tertiary alicyclic amines) is 1. The molecule has 1 saturated carbocycles. The molecule has 2 N–H and O–H groups in total. The first-order valence-electron chi connectivity index (χ1n) is 8.56. The lowest BCUT2D eigenvalue weighted by Crippen LogP contribution is -2.58. The van der Waals surface area contributed by atoms with E-state index >= 15 is 0 Å². The lowest BCUT2D eigenvalue weighted by Gasteiger charge is -2.50. The van der Waals surface area contributed by atoms with Crippen molar-refractivity contribution in [3.05, 3.63) is 0 Å². The number of hydrogen-bond donors (Lipinski definition) is 1. The molecule has 2 aliphatic rings. The molecule has 1 aliphatic carbocycles. The molecule has 0 atom stereocenters. The fourth-order valence-electron chi connectivity index (χ4n) is 4.31. The maximum absolute atomic E-state index is 6.22. The van der Waals surface area contributed by atoms with Gasteiger partial charge in [0.2, 0.25) is 0 Å². The fraction of sp³-hybridized carbons (Fsp3) is 1.00. The zero-order valence-electron chi connectivity index (χ0n) is 13.3. The highest BCUT2D eigenvalue weighted by atomic mass is 15.2. The first-order chi connectivity index (χ1) is 9.11. The van der Waals surface area contributed by atoms with Gasteiger partial charge in [-0.1, -0.05) is 27.2 Å². The lowest BCUT2D eigenvalue weighted by atomic mass is 9.71. The van der Waals surface area contributed by atoms with Crippen molar-refractivity contribution in [1.29, 1.82) is 0 Å². The van der Waals surface area contributed by atoms with Crippen LogP contribution in [-0.2, 0) is 0 Å². The summed E-state index contributed by atoms with van der Waals surface area (Å²) in [4.78, 5) is 2.76. The van der Waals surface area contributed by atoms with E-state index in [4.69, 9.17) is 5.73 Å². The van der Waals surface area contributed by atoms with E-state index in [9.17, 15) is 0 Å². The molecule has 0 aromatic rings. The predicted octanol–water partition coefficient (Wildman–Crippen LogP) is 3.65. The molecule has 0 amide bonds. The minimum atomic E-state index is 0.351. The van der Waals surface area contributed by atoms with Crippen LogP contribution in [0.15, 0.2) is 0 Å². The van der Waals surface area contributed by atoms with Crippen molar-refractivity contribution in [3.8, 4) is 0 Å². The van der Waals surface area contributed by atoms with E-state index in [1.807, 2.05) is 0 Å². The molecule has 1 saturated heterocycles. The van der Waals surface area contributed by atoms with Crippen molar-refractivity contribution in [2.24, 2.45) is 23.5 Å². The van der Waals surface area contributed by atoms with Crippen molar-refractivity contribution in [2.75, 3.05) is 19.6 Å². The van der Waals surface area contributed by atoms with Crippen LogP contribution in [-0.4, -0.2) is 30.1 Å². The third-order valence-electron chi connectivity index (χ3n) is 6.15. The van der Waals surface area contributed by atoms with Crippen LogP contribution in [0, 0.1) is 17.8 Å². The number of nitrogens with zero attached hydrogens (tertiary/aromatic N) is 1. The van der Waals surface area contributed by atoms with Crippen LogP contribution in [0.25, 0.3) is 0 Å². The van der Waals surface area contributed by atoms with E-state index in [1.165, 1.54) is 58.0 Å². The largest absolute Gasteiger partial charge is 0.329 e. The molecular formula is C17H34N2. The molecule has 19 heavy (non-hydrogen) atoms. The molecule has 0 aromatic heterocycles. The van der Waals surface area contributed by atoms with Gasteiger partial charge in [-0.3, -0.25) is 4.90 Å². The zero-order valence-corrected chi connectivity index (χ0v) is 13.3. The molecule has 2 heteroatoms. The summed E-state index contributed by atoms with van der Waals surface area (Å²) in [5, 5.41) is 0. The number of rotatable bonds is 4. The highest BCUT2D eigenvalue weighted by Crippen LogP contribution is 2.40. The van der Waals surface area contributed by atoms with Crippen molar-refractivity contribution >= 4 is 0 Å². The number of nitrogens with two attached hydrogens (primary N) is 1.